The van der Waals surface area contributed by atoms with Crippen LogP contribution in [0.4, 0.5) is 0 Å². The number of hydrogen-bond donors (Lipinski definition) is 2. The van der Waals surface area contributed by atoms with E-state index in [-0.39, 0.29) is 11.9 Å². The molecule has 0 unspecified atom stereocenters. The Hall–Kier alpha value is -1.86. The first kappa shape index (κ1) is 19.5. The van der Waals surface area contributed by atoms with Crippen molar-refractivity contribution < 1.29 is 10.1 Å². The van der Waals surface area contributed by atoms with E-state index in [0.29, 0.717) is 18.4 Å². The molecule has 1 aliphatic rings. The lowest BCUT2D eigenvalue weighted by atomic mass is 9.94. The fourth-order valence-corrected chi connectivity index (χ4v) is 3.44. The summed E-state index contributed by atoms with van der Waals surface area (Å²) < 4.78 is 0. The third kappa shape index (κ3) is 5.31. The second-order valence-corrected chi connectivity index (χ2v) is 7.84. The van der Waals surface area contributed by atoms with Crippen molar-refractivity contribution in [3.8, 4) is 6.07 Å². The van der Waals surface area contributed by atoms with Crippen molar-refractivity contribution in [2.24, 2.45) is 11.8 Å². The van der Waals surface area contributed by atoms with E-state index in [2.05, 4.69) is 61.7 Å². The van der Waals surface area contributed by atoms with E-state index in [1.54, 1.807) is 0 Å². The van der Waals surface area contributed by atoms with E-state index in [9.17, 15) is 10.1 Å². The van der Waals surface area contributed by atoms with Crippen LogP contribution < -0.4 is 10.6 Å². The Labute approximate surface area is 152 Å². The van der Waals surface area contributed by atoms with E-state index < -0.39 is 5.54 Å². The third-order valence-electron chi connectivity index (χ3n) is 5.20. The number of carbonyl (C=O) groups excluding carboxylic acids is 1. The van der Waals surface area contributed by atoms with Crippen molar-refractivity contribution in [1.82, 2.24) is 5.32 Å². The average Bonchev–Trinajstić information content (AvgIpc) is 3.42. The quantitative estimate of drug-likeness (QED) is 0.724. The lowest BCUT2D eigenvalue weighted by molar-refractivity contribution is -0.692. The molecular weight excluding hydrogens is 310 g/mol. The van der Waals surface area contributed by atoms with Gasteiger partial charge in [0.25, 0.3) is 5.91 Å². The van der Waals surface area contributed by atoms with Crippen molar-refractivity contribution in [2.45, 2.75) is 65.0 Å². The van der Waals surface area contributed by atoms with E-state index in [4.69, 9.17) is 0 Å². The third-order valence-corrected chi connectivity index (χ3v) is 5.20. The van der Waals surface area contributed by atoms with Crippen LogP contribution in [0.3, 0.4) is 0 Å². The van der Waals surface area contributed by atoms with Crippen molar-refractivity contribution in [1.29, 1.82) is 5.26 Å². The zero-order valence-electron chi connectivity index (χ0n) is 16.0. The molecule has 4 heteroatoms. The number of aryl methyl sites for hydroxylation is 1. The monoisotopic (exact) mass is 342 g/mol. The molecule has 3 N–H and O–H groups in total. The molecule has 4 nitrogen and oxygen atoms in total. The number of benzene rings is 1. The van der Waals surface area contributed by atoms with E-state index in [1.807, 2.05) is 6.92 Å². The number of carbonyl (C=O) groups is 1. The van der Waals surface area contributed by atoms with Crippen molar-refractivity contribution in [2.75, 3.05) is 6.54 Å². The lowest BCUT2D eigenvalue weighted by Gasteiger charge is -2.24. The molecule has 1 aliphatic carbocycles. The Bertz CT molecular complexity index is 613. The Kier molecular flexibility index (Phi) is 6.61. The zero-order chi connectivity index (χ0) is 18.4. The minimum Gasteiger partial charge on any atom is -0.333 e. The predicted octanol–water partition coefficient (Wildman–Crippen LogP) is 2.71. The molecule has 1 saturated carbocycles. The molecule has 25 heavy (non-hydrogen) atoms. The molecular formula is C21H32N3O+. The minimum atomic E-state index is -0.708. The number of nitriles is 1. The van der Waals surface area contributed by atoms with Gasteiger partial charge >= 0.3 is 0 Å². The molecule has 0 spiro atoms. The summed E-state index contributed by atoms with van der Waals surface area (Å²) in [5, 5.41) is 14.4. The van der Waals surface area contributed by atoms with Crippen LogP contribution in [0.5, 0.6) is 0 Å². The smallest absolute Gasteiger partial charge is 0.276 e. The SMILES string of the molecule is CCCc1ccc([C@@H]([NH2+]CC(=O)N[C@@](C)(C#N)C2CC2)C(C)C)cc1. The van der Waals surface area contributed by atoms with Gasteiger partial charge in [0.2, 0.25) is 0 Å². The molecule has 1 aromatic carbocycles. The minimum absolute atomic E-state index is 0.0517. The molecule has 2 rings (SSSR count). The highest BCUT2D eigenvalue weighted by atomic mass is 16.2. The highest BCUT2D eigenvalue weighted by molar-refractivity contribution is 5.78. The fourth-order valence-electron chi connectivity index (χ4n) is 3.44. The maximum Gasteiger partial charge on any atom is 0.276 e. The number of quaternary nitrogens is 1. The Morgan fingerprint density at radius 3 is 2.48 bits per heavy atom. The van der Waals surface area contributed by atoms with Crippen LogP contribution in [0.25, 0.3) is 0 Å². The van der Waals surface area contributed by atoms with Crippen LogP contribution in [0.2, 0.25) is 0 Å². The maximum absolute atomic E-state index is 12.4. The Balaban J connectivity index is 1.95. The Morgan fingerprint density at radius 1 is 1.36 bits per heavy atom. The molecule has 1 amide bonds. The largest absolute Gasteiger partial charge is 0.333 e. The summed E-state index contributed by atoms with van der Waals surface area (Å²) in [7, 11) is 0. The highest BCUT2D eigenvalue weighted by Crippen LogP contribution is 2.39. The van der Waals surface area contributed by atoms with Crippen molar-refractivity contribution >= 4 is 5.91 Å². The van der Waals surface area contributed by atoms with E-state index in [0.717, 1.165) is 25.7 Å². The number of rotatable bonds is 9. The molecule has 0 radical (unpaired) electrons. The normalized spacial score (nSPS) is 17.6. The molecule has 0 bridgehead atoms. The number of nitrogens with two attached hydrogens (primary N) is 1. The van der Waals surface area contributed by atoms with Crippen LogP contribution in [0.15, 0.2) is 24.3 Å². The van der Waals surface area contributed by atoms with Crippen LogP contribution in [-0.2, 0) is 11.2 Å². The summed E-state index contributed by atoms with van der Waals surface area (Å²) in [6.07, 6.45) is 4.32. The highest BCUT2D eigenvalue weighted by Gasteiger charge is 2.43. The number of hydrogen-bond acceptors (Lipinski definition) is 2. The van der Waals surface area contributed by atoms with Gasteiger partial charge in [-0.25, -0.2) is 0 Å². The summed E-state index contributed by atoms with van der Waals surface area (Å²) in [4.78, 5) is 12.4. The number of amides is 1. The van der Waals surface area contributed by atoms with Gasteiger partial charge in [0.15, 0.2) is 6.54 Å². The molecule has 0 aromatic heterocycles. The summed E-state index contributed by atoms with van der Waals surface area (Å²) in [6, 6.07) is 11.3. The van der Waals surface area contributed by atoms with Gasteiger partial charge < -0.3 is 10.6 Å². The molecule has 1 fully saturated rings. The van der Waals surface area contributed by atoms with Gasteiger partial charge in [-0.05, 0) is 37.7 Å². The molecule has 0 heterocycles. The number of nitrogens with zero attached hydrogens (tertiary/aromatic N) is 1. The van der Waals surface area contributed by atoms with Gasteiger partial charge in [-0.2, -0.15) is 5.26 Å². The molecule has 136 valence electrons. The first-order valence-electron chi connectivity index (χ1n) is 9.54. The van der Waals surface area contributed by atoms with Gasteiger partial charge in [0.05, 0.1) is 6.07 Å². The van der Waals surface area contributed by atoms with Crippen LogP contribution in [0, 0.1) is 23.2 Å². The Morgan fingerprint density at radius 2 is 2.00 bits per heavy atom. The first-order valence-corrected chi connectivity index (χ1v) is 9.54. The second kappa shape index (κ2) is 8.49. The van der Waals surface area contributed by atoms with Crippen LogP contribution >= 0.6 is 0 Å². The second-order valence-electron chi connectivity index (χ2n) is 7.84. The lowest BCUT2D eigenvalue weighted by Crippen LogP contribution is -2.88. The van der Waals surface area contributed by atoms with Gasteiger partial charge in [-0.3, -0.25) is 4.79 Å². The van der Waals surface area contributed by atoms with Gasteiger partial charge in [0.1, 0.15) is 11.6 Å². The van der Waals surface area contributed by atoms with Gasteiger partial charge in [0, 0.05) is 11.5 Å². The van der Waals surface area contributed by atoms with Crippen LogP contribution in [-0.4, -0.2) is 18.0 Å². The van der Waals surface area contributed by atoms with Crippen LogP contribution in [0.1, 0.15) is 64.1 Å². The standard InChI is InChI=1S/C21H31N3O/c1-5-6-16-7-9-17(10-8-16)20(15(2)3)23-13-19(25)24-21(4,14-22)18-11-12-18/h7-10,15,18,20,23H,5-6,11-13H2,1-4H3,(H,24,25)/p+1/t20-,21-/m0/s1. The molecule has 1 aromatic rings. The zero-order valence-corrected chi connectivity index (χ0v) is 16.0. The first-order chi connectivity index (χ1) is 11.9. The predicted molar refractivity (Wildman–Crippen MR) is 99.7 cm³/mol. The molecule has 0 aliphatic heterocycles. The molecule has 0 saturated heterocycles. The number of nitrogens with one attached hydrogen (secondary N) is 1. The summed E-state index contributed by atoms with van der Waals surface area (Å²) >= 11 is 0. The molecule has 2 atom stereocenters. The van der Waals surface area contributed by atoms with E-state index in [1.165, 1.54) is 11.1 Å². The summed E-state index contributed by atoms with van der Waals surface area (Å²) in [5.74, 6) is 0.688. The maximum atomic E-state index is 12.4. The summed E-state index contributed by atoms with van der Waals surface area (Å²) in [6.45, 7) is 8.75. The fraction of sp³-hybridized carbons (Fsp3) is 0.619. The topological polar surface area (TPSA) is 69.5 Å². The van der Waals surface area contributed by atoms with Gasteiger partial charge in [-0.1, -0.05) is 51.5 Å². The van der Waals surface area contributed by atoms with Crippen molar-refractivity contribution in [3.63, 3.8) is 0 Å². The van der Waals surface area contributed by atoms with Gasteiger partial charge in [-0.15, -0.1) is 0 Å². The average molecular weight is 343 g/mol. The van der Waals surface area contributed by atoms with Crippen molar-refractivity contribution in [3.05, 3.63) is 35.4 Å². The summed E-state index contributed by atoms with van der Waals surface area (Å²) in [5.41, 5.74) is 1.91. The van der Waals surface area contributed by atoms with E-state index >= 15 is 0 Å².